The van der Waals surface area contributed by atoms with Gasteiger partial charge in [0.25, 0.3) is 0 Å². The Morgan fingerprint density at radius 3 is 2.43 bits per heavy atom. The predicted molar refractivity (Wildman–Crippen MR) is 85.0 cm³/mol. The third-order valence-corrected chi connectivity index (χ3v) is 3.48. The van der Waals surface area contributed by atoms with Gasteiger partial charge in [-0.05, 0) is 24.3 Å². The van der Waals surface area contributed by atoms with Gasteiger partial charge in [0.15, 0.2) is 11.6 Å². The number of benzene rings is 1. The zero-order chi connectivity index (χ0) is 14.8. The first-order valence-corrected chi connectivity index (χ1v) is 7.16. The standard InChI is InChI=1S/C15H13BrN4O/c1-20(2)15-13(10-5-7-11(16)8-6-10)18-19-14(17-15)12-4-3-9-21-12/h3-9H,1-2H3. The van der Waals surface area contributed by atoms with Crippen LogP contribution in [0.25, 0.3) is 22.8 Å². The van der Waals surface area contributed by atoms with E-state index in [0.29, 0.717) is 11.6 Å². The molecule has 5 nitrogen and oxygen atoms in total. The molecule has 0 atom stereocenters. The fourth-order valence-corrected chi connectivity index (χ4v) is 2.20. The highest BCUT2D eigenvalue weighted by Crippen LogP contribution is 2.28. The van der Waals surface area contributed by atoms with E-state index in [0.717, 1.165) is 21.5 Å². The molecule has 2 aromatic heterocycles. The third kappa shape index (κ3) is 2.80. The lowest BCUT2D eigenvalue weighted by Crippen LogP contribution is -2.14. The van der Waals surface area contributed by atoms with Crippen LogP contribution in [0.1, 0.15) is 0 Å². The minimum absolute atomic E-state index is 0.476. The molecule has 0 aliphatic carbocycles. The van der Waals surface area contributed by atoms with E-state index >= 15 is 0 Å². The molecule has 0 N–H and O–H groups in total. The first kappa shape index (κ1) is 13.8. The molecule has 6 heteroatoms. The lowest BCUT2D eigenvalue weighted by molar-refractivity contribution is 0.575. The van der Waals surface area contributed by atoms with Gasteiger partial charge < -0.3 is 9.32 Å². The Hall–Kier alpha value is -2.21. The second-order valence-corrected chi connectivity index (χ2v) is 5.60. The first-order chi connectivity index (χ1) is 10.1. The zero-order valence-electron chi connectivity index (χ0n) is 11.6. The van der Waals surface area contributed by atoms with E-state index in [9.17, 15) is 0 Å². The number of hydrogen-bond acceptors (Lipinski definition) is 5. The van der Waals surface area contributed by atoms with Gasteiger partial charge in [-0.15, -0.1) is 10.2 Å². The number of rotatable bonds is 3. The highest BCUT2D eigenvalue weighted by atomic mass is 79.9. The maximum absolute atomic E-state index is 5.33. The quantitative estimate of drug-likeness (QED) is 0.726. The van der Waals surface area contributed by atoms with E-state index in [1.807, 2.05) is 49.3 Å². The minimum atomic E-state index is 0.476. The Morgan fingerprint density at radius 2 is 1.81 bits per heavy atom. The molecule has 0 fully saturated rings. The number of anilines is 1. The van der Waals surface area contributed by atoms with Gasteiger partial charge in [0.05, 0.1) is 6.26 Å². The molecule has 0 radical (unpaired) electrons. The summed E-state index contributed by atoms with van der Waals surface area (Å²) in [5.41, 5.74) is 1.70. The van der Waals surface area contributed by atoms with Crippen molar-refractivity contribution in [3.63, 3.8) is 0 Å². The monoisotopic (exact) mass is 344 g/mol. The number of furan rings is 1. The van der Waals surface area contributed by atoms with Crippen LogP contribution in [-0.4, -0.2) is 29.3 Å². The van der Waals surface area contributed by atoms with Gasteiger partial charge in [-0.1, -0.05) is 28.1 Å². The molecule has 0 saturated heterocycles. The van der Waals surface area contributed by atoms with Crippen molar-refractivity contribution in [1.29, 1.82) is 0 Å². The molecule has 0 spiro atoms. The molecule has 3 rings (SSSR count). The average molecular weight is 345 g/mol. The zero-order valence-corrected chi connectivity index (χ0v) is 13.2. The molecule has 21 heavy (non-hydrogen) atoms. The predicted octanol–water partition coefficient (Wildman–Crippen LogP) is 3.63. The van der Waals surface area contributed by atoms with Gasteiger partial charge in [-0.3, -0.25) is 0 Å². The summed E-state index contributed by atoms with van der Waals surface area (Å²) in [6, 6.07) is 11.5. The highest BCUT2D eigenvalue weighted by Gasteiger charge is 2.15. The average Bonchev–Trinajstić information content (AvgIpc) is 3.02. The normalized spacial score (nSPS) is 10.6. The van der Waals surface area contributed by atoms with Gasteiger partial charge in [-0.2, -0.15) is 0 Å². The van der Waals surface area contributed by atoms with Gasteiger partial charge in [0.1, 0.15) is 5.69 Å². The van der Waals surface area contributed by atoms with Crippen LogP contribution >= 0.6 is 15.9 Å². The molecule has 0 bridgehead atoms. The van der Waals surface area contributed by atoms with Crippen LogP contribution in [0.15, 0.2) is 51.6 Å². The topological polar surface area (TPSA) is 55.1 Å². The van der Waals surface area contributed by atoms with Gasteiger partial charge in [0, 0.05) is 24.1 Å². The van der Waals surface area contributed by atoms with Gasteiger partial charge in [0.2, 0.25) is 5.82 Å². The van der Waals surface area contributed by atoms with E-state index in [-0.39, 0.29) is 0 Å². The van der Waals surface area contributed by atoms with Crippen LogP contribution < -0.4 is 4.90 Å². The van der Waals surface area contributed by atoms with Crippen molar-refractivity contribution in [2.24, 2.45) is 0 Å². The van der Waals surface area contributed by atoms with Crippen LogP contribution in [0, 0.1) is 0 Å². The summed E-state index contributed by atoms with van der Waals surface area (Å²) in [6.07, 6.45) is 1.59. The Balaban J connectivity index is 2.11. The largest absolute Gasteiger partial charge is 0.461 e. The maximum atomic E-state index is 5.33. The Labute approximate surface area is 130 Å². The number of hydrogen-bond donors (Lipinski definition) is 0. The second kappa shape index (κ2) is 5.65. The van der Waals surface area contributed by atoms with Crippen LogP contribution in [0.2, 0.25) is 0 Å². The van der Waals surface area contributed by atoms with Crippen molar-refractivity contribution < 1.29 is 4.42 Å². The fourth-order valence-electron chi connectivity index (χ4n) is 1.93. The first-order valence-electron chi connectivity index (χ1n) is 6.37. The van der Waals surface area contributed by atoms with Gasteiger partial charge >= 0.3 is 0 Å². The van der Waals surface area contributed by atoms with Crippen LogP contribution in [0.3, 0.4) is 0 Å². The Morgan fingerprint density at radius 1 is 1.05 bits per heavy atom. The lowest BCUT2D eigenvalue weighted by Gasteiger charge is -2.15. The van der Waals surface area contributed by atoms with E-state index in [4.69, 9.17) is 4.42 Å². The van der Waals surface area contributed by atoms with Crippen LogP contribution in [-0.2, 0) is 0 Å². The summed E-state index contributed by atoms with van der Waals surface area (Å²) >= 11 is 3.43. The molecule has 3 aromatic rings. The third-order valence-electron chi connectivity index (χ3n) is 2.95. The van der Waals surface area contributed by atoms with Crippen LogP contribution in [0.5, 0.6) is 0 Å². The maximum Gasteiger partial charge on any atom is 0.219 e. The lowest BCUT2D eigenvalue weighted by atomic mass is 10.1. The SMILES string of the molecule is CN(C)c1nc(-c2ccco2)nnc1-c1ccc(Br)cc1. The van der Waals surface area contributed by atoms with Crippen molar-refractivity contribution in [1.82, 2.24) is 15.2 Å². The summed E-state index contributed by atoms with van der Waals surface area (Å²) in [5, 5.41) is 8.50. The van der Waals surface area contributed by atoms with Crippen molar-refractivity contribution in [3.05, 3.63) is 47.1 Å². The Kier molecular flexibility index (Phi) is 3.70. The minimum Gasteiger partial charge on any atom is -0.461 e. The van der Waals surface area contributed by atoms with E-state index in [1.165, 1.54) is 0 Å². The second-order valence-electron chi connectivity index (χ2n) is 4.69. The molecule has 0 amide bonds. The fraction of sp³-hybridized carbons (Fsp3) is 0.133. The summed E-state index contributed by atoms with van der Waals surface area (Å²) < 4.78 is 6.35. The number of halogens is 1. The molecule has 0 aliphatic rings. The van der Waals surface area contributed by atoms with Crippen molar-refractivity contribution in [2.75, 3.05) is 19.0 Å². The summed E-state index contributed by atoms with van der Waals surface area (Å²) in [5.74, 6) is 1.83. The van der Waals surface area contributed by atoms with Crippen LogP contribution in [0.4, 0.5) is 5.82 Å². The molecule has 0 unspecified atom stereocenters. The van der Waals surface area contributed by atoms with Crippen molar-refractivity contribution in [2.45, 2.75) is 0 Å². The number of nitrogens with zero attached hydrogens (tertiary/aromatic N) is 4. The molecule has 2 heterocycles. The molecule has 106 valence electrons. The molecular formula is C15H13BrN4O. The summed E-state index contributed by atoms with van der Waals surface area (Å²) in [7, 11) is 3.86. The molecular weight excluding hydrogens is 332 g/mol. The molecule has 0 saturated carbocycles. The summed E-state index contributed by atoms with van der Waals surface area (Å²) in [6.45, 7) is 0. The Bertz CT molecular complexity index is 739. The van der Waals surface area contributed by atoms with Crippen molar-refractivity contribution in [3.8, 4) is 22.8 Å². The molecule has 1 aromatic carbocycles. The smallest absolute Gasteiger partial charge is 0.219 e. The highest BCUT2D eigenvalue weighted by molar-refractivity contribution is 9.10. The van der Waals surface area contributed by atoms with E-state index in [2.05, 4.69) is 31.1 Å². The van der Waals surface area contributed by atoms with E-state index < -0.39 is 0 Å². The summed E-state index contributed by atoms with van der Waals surface area (Å²) in [4.78, 5) is 6.48. The van der Waals surface area contributed by atoms with Gasteiger partial charge in [-0.25, -0.2) is 4.98 Å². The number of aromatic nitrogens is 3. The van der Waals surface area contributed by atoms with E-state index in [1.54, 1.807) is 12.3 Å². The van der Waals surface area contributed by atoms with Crippen molar-refractivity contribution >= 4 is 21.7 Å². The molecule has 0 aliphatic heterocycles.